The number of aliphatic hydroxyl groups is 1. The van der Waals surface area contributed by atoms with Gasteiger partial charge < -0.3 is 19.6 Å². The molecule has 2 N–H and O–H groups in total. The normalized spacial score (nSPS) is 15.1. The molecule has 11 nitrogen and oxygen atoms in total. The number of nitrogens with zero attached hydrogens (tertiary/aromatic N) is 4. The summed E-state index contributed by atoms with van der Waals surface area (Å²) in [6.45, 7) is 4.90. The molecule has 4 rings (SSSR count). The van der Waals surface area contributed by atoms with Gasteiger partial charge in [0.2, 0.25) is 10.0 Å². The third kappa shape index (κ3) is 5.07. The summed E-state index contributed by atoms with van der Waals surface area (Å²) >= 11 is 0. The van der Waals surface area contributed by atoms with Crippen LogP contribution in [-0.2, 0) is 28.2 Å². The highest BCUT2D eigenvalue weighted by atomic mass is 32.2. The highest BCUT2D eigenvalue weighted by Crippen LogP contribution is 2.33. The predicted octanol–water partition coefficient (Wildman–Crippen LogP) is 1.61. The average Bonchev–Trinajstić information content (AvgIpc) is 3.13. The van der Waals surface area contributed by atoms with Gasteiger partial charge in [-0.25, -0.2) is 13.4 Å². The molecule has 194 valence electrons. The van der Waals surface area contributed by atoms with Crippen molar-refractivity contribution >= 4 is 21.1 Å². The first-order valence-electron chi connectivity index (χ1n) is 11.9. The van der Waals surface area contributed by atoms with Crippen molar-refractivity contribution in [1.82, 2.24) is 24.1 Å². The van der Waals surface area contributed by atoms with E-state index in [9.17, 15) is 13.2 Å². The van der Waals surface area contributed by atoms with Crippen LogP contribution >= 0.6 is 0 Å². The Morgan fingerprint density at radius 2 is 2.03 bits per heavy atom. The van der Waals surface area contributed by atoms with E-state index in [4.69, 9.17) is 14.6 Å². The van der Waals surface area contributed by atoms with Crippen LogP contribution in [0.3, 0.4) is 0 Å². The molecule has 0 unspecified atom stereocenters. The molecule has 12 heteroatoms. The lowest BCUT2D eigenvalue weighted by molar-refractivity contribution is -0.00623. The van der Waals surface area contributed by atoms with E-state index in [1.807, 2.05) is 13.8 Å². The maximum absolute atomic E-state index is 13.3. The SMILES string of the molecule is CCCc1nn(C)c2c(=O)[nH]c(-c3cc(S(=O)(=O)N4CC(OC/C=C/CO)C4)ccc3OCC)nc12. The summed E-state index contributed by atoms with van der Waals surface area (Å²) in [6.07, 6.45) is 4.55. The number of hydrogen-bond acceptors (Lipinski definition) is 8. The summed E-state index contributed by atoms with van der Waals surface area (Å²) in [4.78, 5) is 20.5. The first-order chi connectivity index (χ1) is 17.3. The van der Waals surface area contributed by atoms with E-state index >= 15 is 0 Å². The number of ether oxygens (including phenoxy) is 2. The van der Waals surface area contributed by atoms with Crippen LogP contribution < -0.4 is 10.3 Å². The summed E-state index contributed by atoms with van der Waals surface area (Å²) in [6, 6.07) is 4.56. The van der Waals surface area contributed by atoms with E-state index in [1.165, 1.54) is 21.1 Å². The fourth-order valence-corrected chi connectivity index (χ4v) is 5.63. The van der Waals surface area contributed by atoms with Crippen molar-refractivity contribution in [2.45, 2.75) is 37.7 Å². The van der Waals surface area contributed by atoms with Crippen LogP contribution in [0.15, 0.2) is 40.0 Å². The molecule has 0 atom stereocenters. The highest BCUT2D eigenvalue weighted by Gasteiger charge is 2.37. The van der Waals surface area contributed by atoms with E-state index < -0.39 is 10.0 Å². The van der Waals surface area contributed by atoms with Crippen molar-refractivity contribution in [2.24, 2.45) is 7.05 Å². The van der Waals surface area contributed by atoms with Gasteiger partial charge in [-0.1, -0.05) is 25.5 Å². The topological polar surface area (TPSA) is 140 Å². The van der Waals surface area contributed by atoms with Crippen LogP contribution in [0.2, 0.25) is 0 Å². The number of aromatic amines is 1. The highest BCUT2D eigenvalue weighted by molar-refractivity contribution is 7.89. The van der Waals surface area contributed by atoms with Gasteiger partial charge in [0.1, 0.15) is 17.1 Å². The fourth-order valence-electron chi connectivity index (χ4n) is 4.10. The molecule has 0 saturated carbocycles. The minimum Gasteiger partial charge on any atom is -0.493 e. The van der Waals surface area contributed by atoms with Crippen molar-refractivity contribution in [2.75, 3.05) is 32.9 Å². The van der Waals surface area contributed by atoms with Crippen LogP contribution in [0.25, 0.3) is 22.4 Å². The van der Waals surface area contributed by atoms with Crippen molar-refractivity contribution in [1.29, 1.82) is 0 Å². The third-order valence-electron chi connectivity index (χ3n) is 5.91. The minimum absolute atomic E-state index is 0.0671. The number of hydrogen-bond donors (Lipinski definition) is 2. The summed E-state index contributed by atoms with van der Waals surface area (Å²) in [5, 5.41) is 13.2. The molecule has 3 heterocycles. The van der Waals surface area contributed by atoms with E-state index in [0.717, 1.165) is 6.42 Å². The van der Waals surface area contributed by atoms with Crippen LogP contribution in [0.1, 0.15) is 26.0 Å². The van der Waals surface area contributed by atoms with Crippen molar-refractivity contribution < 1.29 is 23.0 Å². The van der Waals surface area contributed by atoms with Gasteiger partial charge >= 0.3 is 0 Å². The van der Waals surface area contributed by atoms with E-state index in [1.54, 1.807) is 25.3 Å². The number of aryl methyl sites for hydroxylation is 2. The molecule has 0 amide bonds. The number of fused-ring (bicyclic) bond motifs is 1. The number of H-pyrrole nitrogens is 1. The molecule has 1 aromatic carbocycles. The number of rotatable bonds is 11. The quantitative estimate of drug-likeness (QED) is 0.366. The molecule has 0 aliphatic carbocycles. The summed E-state index contributed by atoms with van der Waals surface area (Å²) in [5.41, 5.74) is 1.59. The Balaban J connectivity index is 1.68. The fraction of sp³-hybridized carbons (Fsp3) is 0.458. The monoisotopic (exact) mass is 517 g/mol. The molecule has 1 fully saturated rings. The van der Waals surface area contributed by atoms with Crippen LogP contribution in [0.5, 0.6) is 5.75 Å². The van der Waals surface area contributed by atoms with Gasteiger partial charge in [0.05, 0.1) is 42.1 Å². The standard InChI is InChI=1S/C24H31N5O6S/c1-4-8-19-21-22(28(3)27-19)24(31)26-23(25-21)18-13-17(9-10-20(18)34-5-2)36(32,33)29-14-16(15-29)35-12-7-6-11-30/h6-7,9-10,13,16,30H,4-5,8,11-12,14-15H2,1-3H3,(H,25,26,31)/b7-6+. The van der Waals surface area contributed by atoms with Gasteiger partial charge in [-0.3, -0.25) is 9.48 Å². The molecular formula is C24H31N5O6S. The minimum atomic E-state index is -3.79. The second-order valence-electron chi connectivity index (χ2n) is 8.45. The second-order valence-corrected chi connectivity index (χ2v) is 10.4. The molecule has 0 bridgehead atoms. The lowest BCUT2D eigenvalue weighted by Gasteiger charge is -2.37. The lowest BCUT2D eigenvalue weighted by atomic mass is 10.1. The zero-order valence-corrected chi connectivity index (χ0v) is 21.4. The van der Waals surface area contributed by atoms with E-state index in [-0.39, 0.29) is 42.1 Å². The van der Waals surface area contributed by atoms with Crippen molar-refractivity contribution in [3.63, 3.8) is 0 Å². The maximum Gasteiger partial charge on any atom is 0.277 e. The van der Waals surface area contributed by atoms with Gasteiger partial charge in [0.25, 0.3) is 5.56 Å². The molecule has 1 saturated heterocycles. The Morgan fingerprint density at radius 3 is 2.72 bits per heavy atom. The molecule has 0 spiro atoms. The zero-order chi connectivity index (χ0) is 25.9. The summed E-state index contributed by atoms with van der Waals surface area (Å²) in [5.74, 6) is 0.638. The predicted molar refractivity (Wildman–Crippen MR) is 134 cm³/mol. The molecule has 2 aromatic heterocycles. The Morgan fingerprint density at radius 1 is 1.25 bits per heavy atom. The summed E-state index contributed by atoms with van der Waals surface area (Å²) < 4.78 is 40.8. The number of nitrogens with one attached hydrogen (secondary N) is 1. The number of aliphatic hydroxyl groups excluding tert-OH is 1. The molecule has 1 aliphatic rings. The molecule has 36 heavy (non-hydrogen) atoms. The Kier molecular flexibility index (Phi) is 7.88. The van der Waals surface area contributed by atoms with Gasteiger partial charge in [0.15, 0.2) is 5.52 Å². The van der Waals surface area contributed by atoms with Gasteiger partial charge in [-0.05, 0) is 31.5 Å². The number of sulfonamides is 1. The summed E-state index contributed by atoms with van der Waals surface area (Å²) in [7, 11) is -2.10. The lowest BCUT2D eigenvalue weighted by Crippen LogP contribution is -2.54. The maximum atomic E-state index is 13.3. The molecule has 0 radical (unpaired) electrons. The van der Waals surface area contributed by atoms with Crippen LogP contribution in [0.4, 0.5) is 0 Å². The molecular weight excluding hydrogens is 486 g/mol. The molecule has 1 aliphatic heterocycles. The third-order valence-corrected chi connectivity index (χ3v) is 7.74. The van der Waals surface area contributed by atoms with Crippen molar-refractivity contribution in [3.8, 4) is 17.1 Å². The number of benzene rings is 1. The van der Waals surface area contributed by atoms with Gasteiger partial charge in [-0.2, -0.15) is 9.40 Å². The van der Waals surface area contributed by atoms with E-state index in [2.05, 4.69) is 15.1 Å². The molecule has 3 aromatic rings. The first kappa shape index (κ1) is 26.0. The Labute approximate surface area is 209 Å². The average molecular weight is 518 g/mol. The van der Waals surface area contributed by atoms with Gasteiger partial charge in [0, 0.05) is 20.1 Å². The zero-order valence-electron chi connectivity index (χ0n) is 20.6. The van der Waals surface area contributed by atoms with Crippen molar-refractivity contribution in [3.05, 3.63) is 46.4 Å². The Hall–Kier alpha value is -3.06. The van der Waals surface area contributed by atoms with Crippen LogP contribution in [-0.4, -0.2) is 76.6 Å². The number of aromatic nitrogens is 4. The largest absolute Gasteiger partial charge is 0.493 e. The smallest absolute Gasteiger partial charge is 0.277 e. The Bertz CT molecular complexity index is 1420. The second kappa shape index (κ2) is 10.9. The van der Waals surface area contributed by atoms with Gasteiger partial charge in [-0.15, -0.1) is 0 Å². The van der Waals surface area contributed by atoms with Crippen LogP contribution in [0, 0.1) is 0 Å². The van der Waals surface area contributed by atoms with E-state index in [0.29, 0.717) is 47.7 Å². The first-order valence-corrected chi connectivity index (χ1v) is 13.3.